The van der Waals surface area contributed by atoms with Gasteiger partial charge in [-0.2, -0.15) is 0 Å². The fraction of sp³-hybridized carbons (Fsp3) is 0. The van der Waals surface area contributed by atoms with Crippen LogP contribution in [0.2, 0.25) is 0 Å². The maximum atomic E-state index is 6.42. The van der Waals surface area contributed by atoms with Gasteiger partial charge in [0.05, 0.1) is 11.0 Å². The molecule has 0 aliphatic carbocycles. The van der Waals surface area contributed by atoms with E-state index in [9.17, 15) is 0 Å². The van der Waals surface area contributed by atoms with Crippen LogP contribution in [0.5, 0.6) is 0 Å². The molecule has 0 unspecified atom stereocenters. The lowest BCUT2D eigenvalue weighted by Gasteiger charge is -2.14. The van der Waals surface area contributed by atoms with Crippen LogP contribution in [0.15, 0.2) is 173 Å². The van der Waals surface area contributed by atoms with E-state index in [1.807, 2.05) is 36.4 Å². The fourth-order valence-corrected chi connectivity index (χ4v) is 9.22. The number of hydrogen-bond acceptors (Lipinski definition) is 4. The summed E-state index contributed by atoms with van der Waals surface area (Å²) in [5.74, 6) is 0.732. The van der Waals surface area contributed by atoms with Crippen LogP contribution in [0, 0.1) is 0 Å². The summed E-state index contributed by atoms with van der Waals surface area (Å²) in [6.07, 6.45) is 0. The summed E-state index contributed by atoms with van der Waals surface area (Å²) in [7, 11) is 0. The van der Waals surface area contributed by atoms with Crippen LogP contribution in [0.25, 0.3) is 126 Å². The van der Waals surface area contributed by atoms with Gasteiger partial charge in [-0.3, -0.25) is 4.57 Å². The van der Waals surface area contributed by atoms with Crippen LogP contribution in [-0.2, 0) is 0 Å². The van der Waals surface area contributed by atoms with E-state index in [2.05, 4.69) is 132 Å². The second-order valence-electron chi connectivity index (χ2n) is 14.4. The van der Waals surface area contributed by atoms with Gasteiger partial charge in [-0.15, -0.1) is 0 Å². The van der Waals surface area contributed by atoms with Gasteiger partial charge in [0.15, 0.2) is 5.82 Å². The molecule has 5 nitrogen and oxygen atoms in total. The van der Waals surface area contributed by atoms with Gasteiger partial charge in [0, 0.05) is 43.3 Å². The van der Waals surface area contributed by atoms with Crippen molar-refractivity contribution < 1.29 is 8.83 Å². The lowest BCUT2D eigenvalue weighted by Crippen LogP contribution is -2.03. The summed E-state index contributed by atoms with van der Waals surface area (Å²) < 4.78 is 15.2. The molecule has 0 spiro atoms. The average molecular weight is 702 g/mol. The molecule has 13 rings (SSSR count). The van der Waals surface area contributed by atoms with Crippen LogP contribution in [0.3, 0.4) is 0 Å². The lowest BCUT2D eigenvalue weighted by atomic mass is 9.91. The van der Waals surface area contributed by atoms with E-state index in [0.717, 1.165) is 77.0 Å². The third-order valence-corrected chi connectivity index (χ3v) is 11.6. The van der Waals surface area contributed by atoms with Gasteiger partial charge < -0.3 is 8.83 Å². The van der Waals surface area contributed by atoms with Gasteiger partial charge in [-0.05, 0) is 68.7 Å². The van der Waals surface area contributed by atoms with Crippen molar-refractivity contribution in [2.24, 2.45) is 0 Å². The quantitative estimate of drug-likeness (QED) is 0.168. The number of benzene rings is 9. The van der Waals surface area contributed by atoms with Crippen molar-refractivity contribution in [3.05, 3.63) is 164 Å². The second kappa shape index (κ2) is 10.6. The monoisotopic (exact) mass is 701 g/mol. The molecule has 9 aromatic carbocycles. The maximum Gasteiger partial charge on any atom is 0.247 e. The molecule has 0 aliphatic heterocycles. The van der Waals surface area contributed by atoms with Crippen LogP contribution >= 0.6 is 0 Å². The number of furan rings is 2. The Morgan fingerprint density at radius 1 is 0.400 bits per heavy atom. The Morgan fingerprint density at radius 2 is 0.982 bits per heavy atom. The highest BCUT2D eigenvalue weighted by Gasteiger charge is 2.25. The van der Waals surface area contributed by atoms with Crippen molar-refractivity contribution in [2.75, 3.05) is 0 Å². The normalized spacial score (nSPS) is 12.4. The lowest BCUT2D eigenvalue weighted by molar-refractivity contribution is 0.653. The predicted octanol–water partition coefficient (Wildman–Crippen LogP) is 13.7. The summed E-state index contributed by atoms with van der Waals surface area (Å²) in [6.45, 7) is 0. The van der Waals surface area contributed by atoms with Gasteiger partial charge in [-0.25, -0.2) is 9.97 Å². The largest absolute Gasteiger partial charge is 0.456 e. The van der Waals surface area contributed by atoms with E-state index in [-0.39, 0.29) is 0 Å². The van der Waals surface area contributed by atoms with Crippen molar-refractivity contribution in [1.29, 1.82) is 0 Å². The van der Waals surface area contributed by atoms with E-state index in [1.54, 1.807) is 0 Å². The first-order valence-electron chi connectivity index (χ1n) is 18.6. The zero-order valence-corrected chi connectivity index (χ0v) is 29.2. The predicted molar refractivity (Wildman–Crippen MR) is 226 cm³/mol. The summed E-state index contributed by atoms with van der Waals surface area (Å²) >= 11 is 0. The van der Waals surface area contributed by atoms with Gasteiger partial charge in [0.25, 0.3) is 0 Å². The Kier molecular flexibility index (Phi) is 5.57. The molecule has 0 saturated heterocycles. The van der Waals surface area contributed by atoms with Crippen LogP contribution < -0.4 is 0 Å². The van der Waals surface area contributed by atoms with Crippen LogP contribution in [-0.4, -0.2) is 14.5 Å². The summed E-state index contributed by atoms with van der Waals surface area (Å²) in [5, 5.41) is 15.2. The number of fused-ring (bicyclic) bond motifs is 18. The highest BCUT2D eigenvalue weighted by Crippen LogP contribution is 2.46. The zero-order chi connectivity index (χ0) is 35.8. The van der Waals surface area contributed by atoms with Crippen molar-refractivity contribution in [3.8, 4) is 17.1 Å². The molecular weight excluding hydrogens is 675 g/mol. The van der Waals surface area contributed by atoms with E-state index >= 15 is 0 Å². The Labute approximate surface area is 312 Å². The molecule has 0 bridgehead atoms. The molecule has 0 radical (unpaired) electrons. The molecule has 0 saturated carbocycles. The maximum absolute atomic E-state index is 6.42. The molecule has 0 fully saturated rings. The molecule has 0 aliphatic rings. The number of para-hydroxylation sites is 2. The first-order valence-corrected chi connectivity index (χ1v) is 18.6. The molecule has 0 atom stereocenters. The molecule has 0 N–H and O–H groups in total. The third-order valence-electron chi connectivity index (χ3n) is 11.6. The average Bonchev–Trinajstić information content (AvgIpc) is 3.92. The zero-order valence-electron chi connectivity index (χ0n) is 29.2. The van der Waals surface area contributed by atoms with Crippen molar-refractivity contribution in [1.82, 2.24) is 14.5 Å². The number of nitrogens with zero attached hydrogens (tertiary/aromatic N) is 3. The SMILES string of the molecule is c1ccc2c(c1)ccc1c3c4c5ccccc5c5ccccc5c4ccc3n(-c3nc4c(nc3-c3ccc5c(c3)oc3ccccc35)oc3ccccc34)c21. The Morgan fingerprint density at radius 3 is 1.78 bits per heavy atom. The molecule has 13 aromatic rings. The smallest absolute Gasteiger partial charge is 0.247 e. The minimum Gasteiger partial charge on any atom is -0.456 e. The molecule has 4 heterocycles. The van der Waals surface area contributed by atoms with Crippen molar-refractivity contribution in [2.45, 2.75) is 0 Å². The van der Waals surface area contributed by atoms with E-state index in [4.69, 9.17) is 18.8 Å². The first-order chi connectivity index (χ1) is 27.3. The molecule has 55 heavy (non-hydrogen) atoms. The number of rotatable bonds is 2. The fourth-order valence-electron chi connectivity index (χ4n) is 9.22. The van der Waals surface area contributed by atoms with Crippen molar-refractivity contribution in [3.63, 3.8) is 0 Å². The third kappa shape index (κ3) is 3.86. The van der Waals surface area contributed by atoms with Crippen molar-refractivity contribution >= 4 is 109 Å². The van der Waals surface area contributed by atoms with E-state index in [0.29, 0.717) is 11.4 Å². The minimum atomic E-state index is 0.498. The molecule has 4 aromatic heterocycles. The topological polar surface area (TPSA) is 57.0 Å². The summed E-state index contributed by atoms with van der Waals surface area (Å²) in [5.41, 5.74) is 7.39. The van der Waals surface area contributed by atoms with E-state index in [1.165, 1.54) is 37.7 Å². The number of hydrogen-bond donors (Lipinski definition) is 0. The molecule has 0 amide bonds. The Balaban J connectivity index is 1.25. The van der Waals surface area contributed by atoms with E-state index < -0.39 is 0 Å². The minimum absolute atomic E-state index is 0.498. The molecular formula is C50H27N3O2. The summed E-state index contributed by atoms with van der Waals surface area (Å²) in [6, 6.07) is 57.9. The van der Waals surface area contributed by atoms with Crippen LogP contribution in [0.1, 0.15) is 0 Å². The van der Waals surface area contributed by atoms with Gasteiger partial charge in [-0.1, -0.05) is 127 Å². The summed E-state index contributed by atoms with van der Waals surface area (Å²) in [4.78, 5) is 10.9. The number of aromatic nitrogens is 3. The first kappa shape index (κ1) is 29.0. The van der Waals surface area contributed by atoms with Gasteiger partial charge >= 0.3 is 0 Å². The van der Waals surface area contributed by atoms with Crippen LogP contribution in [0.4, 0.5) is 0 Å². The highest BCUT2D eigenvalue weighted by molar-refractivity contribution is 6.36. The molecule has 5 heteroatoms. The second-order valence-corrected chi connectivity index (χ2v) is 14.4. The highest BCUT2D eigenvalue weighted by atomic mass is 16.3. The standard InChI is InChI=1S/C50H27N3O2/c1-2-12-30-28(11-1)21-24-39-45-40(26-25-37-33-15-4-3-13-31(33)32-14-5-6-17-36(32)44(37)45)53(48(30)39)49-46(52-50-47(51-49)38-18-8-10-20-42(38)55-50)29-22-23-35-34-16-7-9-19-41(34)54-43(35)27-29/h1-27H. The van der Waals surface area contributed by atoms with Gasteiger partial charge in [0.1, 0.15) is 28.0 Å². The Bertz CT molecular complexity index is 3760. The molecule has 254 valence electrons. The van der Waals surface area contributed by atoms with Gasteiger partial charge in [0.2, 0.25) is 5.71 Å². The Hall–Kier alpha value is -7.50.